The largest absolute Gasteiger partial charge is 0.375 e. The Hall–Kier alpha value is -1.07. The third kappa shape index (κ3) is 4.66. The summed E-state index contributed by atoms with van der Waals surface area (Å²) in [5.41, 5.74) is 1.50. The standard InChI is InChI=1S/C13H18F3NO/c1-9-7-10(3-4-11(9)14)12(17-2)5-6-18-8-13(15)16/h3-4,7,12-13,17H,5-6,8H2,1-2H3. The summed E-state index contributed by atoms with van der Waals surface area (Å²) >= 11 is 0. The van der Waals surface area contributed by atoms with Gasteiger partial charge in [-0.25, -0.2) is 13.2 Å². The molecular formula is C13H18F3NO. The third-order valence-corrected chi connectivity index (χ3v) is 2.73. The van der Waals surface area contributed by atoms with E-state index in [0.717, 1.165) is 5.56 Å². The predicted molar refractivity (Wildman–Crippen MR) is 64.4 cm³/mol. The van der Waals surface area contributed by atoms with Gasteiger partial charge < -0.3 is 10.1 Å². The van der Waals surface area contributed by atoms with Gasteiger partial charge in [-0.3, -0.25) is 0 Å². The van der Waals surface area contributed by atoms with E-state index in [1.807, 2.05) is 0 Å². The van der Waals surface area contributed by atoms with Gasteiger partial charge in [0.15, 0.2) is 0 Å². The van der Waals surface area contributed by atoms with Gasteiger partial charge in [0.1, 0.15) is 12.4 Å². The molecule has 1 aromatic rings. The average Bonchev–Trinajstić information content (AvgIpc) is 2.33. The normalized spacial score (nSPS) is 13.0. The van der Waals surface area contributed by atoms with Gasteiger partial charge in [0.25, 0.3) is 6.43 Å². The first-order chi connectivity index (χ1) is 8.54. The number of rotatable bonds is 7. The molecular weight excluding hydrogens is 243 g/mol. The van der Waals surface area contributed by atoms with Gasteiger partial charge in [-0.1, -0.05) is 12.1 Å². The molecule has 0 saturated carbocycles. The highest BCUT2D eigenvalue weighted by Crippen LogP contribution is 2.19. The first-order valence-corrected chi connectivity index (χ1v) is 5.83. The number of hydrogen-bond donors (Lipinski definition) is 1. The van der Waals surface area contributed by atoms with Crippen LogP contribution in [0.1, 0.15) is 23.6 Å². The molecule has 2 nitrogen and oxygen atoms in total. The van der Waals surface area contributed by atoms with Crippen molar-refractivity contribution >= 4 is 0 Å². The van der Waals surface area contributed by atoms with Gasteiger partial charge in [-0.05, 0) is 37.6 Å². The predicted octanol–water partition coefficient (Wildman–Crippen LogP) is 3.07. The number of aryl methyl sites for hydroxylation is 1. The number of ether oxygens (including phenoxy) is 1. The molecule has 0 saturated heterocycles. The van der Waals surface area contributed by atoms with E-state index in [4.69, 9.17) is 4.74 Å². The van der Waals surface area contributed by atoms with E-state index < -0.39 is 13.0 Å². The minimum Gasteiger partial charge on any atom is -0.375 e. The van der Waals surface area contributed by atoms with Crippen molar-refractivity contribution in [2.24, 2.45) is 0 Å². The van der Waals surface area contributed by atoms with Crippen LogP contribution in [0.4, 0.5) is 13.2 Å². The lowest BCUT2D eigenvalue weighted by Gasteiger charge is -2.17. The number of nitrogens with one attached hydrogen (secondary N) is 1. The van der Waals surface area contributed by atoms with Crippen molar-refractivity contribution in [3.63, 3.8) is 0 Å². The second kappa shape index (κ2) is 7.38. The van der Waals surface area contributed by atoms with Crippen LogP contribution in [0.3, 0.4) is 0 Å². The molecule has 102 valence electrons. The molecule has 0 aromatic heterocycles. The van der Waals surface area contributed by atoms with E-state index in [2.05, 4.69) is 5.32 Å². The minimum absolute atomic E-state index is 0.0260. The zero-order valence-corrected chi connectivity index (χ0v) is 10.6. The average molecular weight is 261 g/mol. The van der Waals surface area contributed by atoms with E-state index in [1.54, 1.807) is 26.1 Å². The molecule has 0 heterocycles. The van der Waals surface area contributed by atoms with Crippen molar-refractivity contribution in [2.45, 2.75) is 25.8 Å². The molecule has 1 N–H and O–H groups in total. The summed E-state index contributed by atoms with van der Waals surface area (Å²) in [6.45, 7) is 1.39. The third-order valence-electron chi connectivity index (χ3n) is 2.73. The van der Waals surface area contributed by atoms with Crippen LogP contribution in [0.15, 0.2) is 18.2 Å². The summed E-state index contributed by atoms with van der Waals surface area (Å²) in [4.78, 5) is 0. The molecule has 1 atom stereocenters. The van der Waals surface area contributed by atoms with Crippen molar-refractivity contribution in [1.29, 1.82) is 0 Å². The van der Waals surface area contributed by atoms with Crippen molar-refractivity contribution < 1.29 is 17.9 Å². The maximum absolute atomic E-state index is 13.1. The SMILES string of the molecule is CNC(CCOCC(F)F)c1ccc(F)c(C)c1. The fraction of sp³-hybridized carbons (Fsp3) is 0.538. The van der Waals surface area contributed by atoms with Crippen molar-refractivity contribution in [3.8, 4) is 0 Å². The lowest BCUT2D eigenvalue weighted by atomic mass is 10.0. The molecule has 0 aliphatic heterocycles. The van der Waals surface area contributed by atoms with Gasteiger partial charge >= 0.3 is 0 Å². The highest BCUT2D eigenvalue weighted by molar-refractivity contribution is 5.26. The topological polar surface area (TPSA) is 21.3 Å². The Balaban J connectivity index is 2.52. The Morgan fingerprint density at radius 1 is 1.33 bits per heavy atom. The van der Waals surface area contributed by atoms with Gasteiger partial charge in [0.2, 0.25) is 0 Å². The fourth-order valence-electron chi connectivity index (χ4n) is 1.74. The molecule has 1 unspecified atom stereocenters. The van der Waals surface area contributed by atoms with Crippen LogP contribution in [-0.2, 0) is 4.74 Å². The second-order valence-corrected chi connectivity index (χ2v) is 4.10. The zero-order chi connectivity index (χ0) is 13.5. The Labute approximate surface area is 105 Å². The number of halogens is 3. The summed E-state index contributed by atoms with van der Waals surface area (Å²) in [6, 6.07) is 4.83. The molecule has 0 fully saturated rings. The van der Waals surface area contributed by atoms with E-state index in [0.29, 0.717) is 12.0 Å². The summed E-state index contributed by atoms with van der Waals surface area (Å²) in [5.74, 6) is -0.248. The maximum atomic E-state index is 13.1. The van der Waals surface area contributed by atoms with Crippen molar-refractivity contribution in [2.75, 3.05) is 20.3 Å². The molecule has 5 heteroatoms. The summed E-state index contributed by atoms with van der Waals surface area (Å²) in [5, 5.41) is 3.06. The fourth-order valence-corrected chi connectivity index (χ4v) is 1.74. The van der Waals surface area contributed by atoms with E-state index >= 15 is 0 Å². The highest BCUT2D eigenvalue weighted by Gasteiger charge is 2.11. The van der Waals surface area contributed by atoms with Gasteiger partial charge in [-0.2, -0.15) is 0 Å². The van der Waals surface area contributed by atoms with E-state index in [9.17, 15) is 13.2 Å². The summed E-state index contributed by atoms with van der Waals surface area (Å²) < 4.78 is 41.7. The Kier molecular flexibility index (Phi) is 6.15. The molecule has 0 bridgehead atoms. The molecule has 0 aliphatic rings. The van der Waals surface area contributed by atoms with Gasteiger partial charge in [0.05, 0.1) is 0 Å². The summed E-state index contributed by atoms with van der Waals surface area (Å²) in [7, 11) is 1.77. The molecule has 1 rings (SSSR count). The van der Waals surface area contributed by atoms with E-state index in [1.165, 1.54) is 6.07 Å². The first kappa shape index (κ1) is 15.0. The Morgan fingerprint density at radius 2 is 2.06 bits per heavy atom. The lowest BCUT2D eigenvalue weighted by molar-refractivity contribution is 0.0145. The lowest BCUT2D eigenvalue weighted by Crippen LogP contribution is -2.19. The quantitative estimate of drug-likeness (QED) is 0.762. The Morgan fingerprint density at radius 3 is 2.61 bits per heavy atom. The molecule has 18 heavy (non-hydrogen) atoms. The smallest absolute Gasteiger partial charge is 0.261 e. The summed E-state index contributed by atoms with van der Waals surface area (Å²) in [6.07, 6.45) is -1.88. The Bertz CT molecular complexity index is 371. The van der Waals surface area contributed by atoms with Crippen LogP contribution < -0.4 is 5.32 Å². The highest BCUT2D eigenvalue weighted by atomic mass is 19.3. The van der Waals surface area contributed by atoms with Crippen molar-refractivity contribution in [1.82, 2.24) is 5.32 Å². The number of hydrogen-bond acceptors (Lipinski definition) is 2. The number of alkyl halides is 2. The van der Waals surface area contributed by atoms with Crippen LogP contribution in [-0.4, -0.2) is 26.7 Å². The second-order valence-electron chi connectivity index (χ2n) is 4.10. The van der Waals surface area contributed by atoms with Gasteiger partial charge in [-0.15, -0.1) is 0 Å². The van der Waals surface area contributed by atoms with Crippen molar-refractivity contribution in [3.05, 3.63) is 35.1 Å². The molecule has 1 aromatic carbocycles. The molecule has 0 aliphatic carbocycles. The van der Waals surface area contributed by atoms with Gasteiger partial charge in [0, 0.05) is 12.6 Å². The zero-order valence-electron chi connectivity index (χ0n) is 10.6. The van der Waals surface area contributed by atoms with Crippen LogP contribution >= 0.6 is 0 Å². The first-order valence-electron chi connectivity index (χ1n) is 5.83. The van der Waals surface area contributed by atoms with Crippen LogP contribution in [0.2, 0.25) is 0 Å². The number of benzene rings is 1. The van der Waals surface area contributed by atoms with Crippen LogP contribution in [0, 0.1) is 12.7 Å². The van der Waals surface area contributed by atoms with Crippen LogP contribution in [0.25, 0.3) is 0 Å². The van der Waals surface area contributed by atoms with E-state index in [-0.39, 0.29) is 18.5 Å². The monoisotopic (exact) mass is 261 g/mol. The maximum Gasteiger partial charge on any atom is 0.261 e. The molecule has 0 radical (unpaired) electrons. The minimum atomic E-state index is -2.44. The molecule has 0 spiro atoms. The van der Waals surface area contributed by atoms with Crippen LogP contribution in [0.5, 0.6) is 0 Å². The molecule has 0 amide bonds.